The molecule has 2 bridgehead atoms. The van der Waals surface area contributed by atoms with E-state index in [1.54, 1.807) is 0 Å². The summed E-state index contributed by atoms with van der Waals surface area (Å²) in [5, 5.41) is 0. The van der Waals surface area contributed by atoms with Gasteiger partial charge in [-0.2, -0.15) is 0 Å². The topological polar surface area (TPSA) is 48.0 Å². The zero-order valence-electron chi connectivity index (χ0n) is 17.2. The SMILES string of the molecule is O=C(OCc1ccccc1)N1C2C=C(CCCOCc3ccccc3)CC1COC2. The second kappa shape index (κ2) is 10.4. The van der Waals surface area contributed by atoms with Crippen molar-refractivity contribution >= 4 is 6.09 Å². The lowest BCUT2D eigenvalue weighted by molar-refractivity contribution is -0.0376. The fourth-order valence-corrected chi connectivity index (χ4v) is 4.11. The molecule has 1 saturated heterocycles. The Bertz CT molecular complexity index is 837. The maximum Gasteiger partial charge on any atom is 0.411 e. The monoisotopic (exact) mass is 407 g/mol. The Balaban J connectivity index is 1.25. The van der Waals surface area contributed by atoms with Crippen molar-refractivity contribution < 1.29 is 19.0 Å². The van der Waals surface area contributed by atoms with Crippen LogP contribution in [0, 0.1) is 0 Å². The van der Waals surface area contributed by atoms with Gasteiger partial charge in [0.25, 0.3) is 0 Å². The summed E-state index contributed by atoms with van der Waals surface area (Å²) in [5.74, 6) is 0. The number of hydrogen-bond acceptors (Lipinski definition) is 4. The second-order valence-electron chi connectivity index (χ2n) is 7.88. The van der Waals surface area contributed by atoms with Gasteiger partial charge in [0, 0.05) is 6.61 Å². The van der Waals surface area contributed by atoms with Gasteiger partial charge in [0.05, 0.1) is 31.9 Å². The highest BCUT2D eigenvalue weighted by atomic mass is 16.6. The summed E-state index contributed by atoms with van der Waals surface area (Å²) in [6.45, 7) is 2.79. The molecule has 4 rings (SSSR count). The molecule has 2 aromatic carbocycles. The lowest BCUT2D eigenvalue weighted by Gasteiger charge is -2.43. The van der Waals surface area contributed by atoms with E-state index in [0.29, 0.717) is 26.4 Å². The first-order chi connectivity index (χ1) is 14.8. The third kappa shape index (κ3) is 5.49. The van der Waals surface area contributed by atoms with E-state index >= 15 is 0 Å². The fraction of sp³-hybridized carbons (Fsp3) is 0.400. The van der Waals surface area contributed by atoms with E-state index in [9.17, 15) is 4.79 Å². The van der Waals surface area contributed by atoms with Gasteiger partial charge >= 0.3 is 6.09 Å². The first kappa shape index (κ1) is 20.6. The Hall–Kier alpha value is -2.63. The number of morpholine rings is 1. The maximum atomic E-state index is 12.7. The van der Waals surface area contributed by atoms with Gasteiger partial charge in [-0.15, -0.1) is 0 Å². The van der Waals surface area contributed by atoms with Crippen molar-refractivity contribution in [3.63, 3.8) is 0 Å². The Morgan fingerprint density at radius 1 is 0.967 bits per heavy atom. The largest absolute Gasteiger partial charge is 0.445 e. The lowest BCUT2D eigenvalue weighted by Crippen LogP contribution is -2.56. The van der Waals surface area contributed by atoms with Gasteiger partial charge in [0.1, 0.15) is 6.61 Å². The molecule has 0 aromatic heterocycles. The first-order valence-corrected chi connectivity index (χ1v) is 10.7. The van der Waals surface area contributed by atoms with Crippen molar-refractivity contribution in [3.05, 3.63) is 83.4 Å². The van der Waals surface area contributed by atoms with Crippen molar-refractivity contribution in [2.75, 3.05) is 19.8 Å². The number of amides is 1. The highest BCUT2D eigenvalue weighted by molar-refractivity contribution is 5.69. The van der Waals surface area contributed by atoms with Crippen LogP contribution in [-0.4, -0.2) is 42.9 Å². The molecule has 2 atom stereocenters. The Kier molecular flexibility index (Phi) is 7.16. The van der Waals surface area contributed by atoms with Crippen molar-refractivity contribution in [1.29, 1.82) is 0 Å². The van der Waals surface area contributed by atoms with E-state index in [0.717, 1.165) is 31.4 Å². The van der Waals surface area contributed by atoms with Gasteiger partial charge in [-0.05, 0) is 30.4 Å². The summed E-state index contributed by atoms with van der Waals surface area (Å²) in [4.78, 5) is 14.6. The third-order valence-corrected chi connectivity index (χ3v) is 5.59. The number of rotatable bonds is 8. The minimum absolute atomic E-state index is 0.0407. The summed E-state index contributed by atoms with van der Waals surface area (Å²) in [5.41, 5.74) is 3.59. The standard InChI is InChI=1S/C25H29NO4/c27-25(30-17-21-10-5-2-6-11-21)26-23-14-22(15-24(26)19-29-18-23)12-7-13-28-16-20-8-3-1-4-9-20/h1-6,8-11,14,23-24H,7,12-13,15-19H2. The Labute approximate surface area is 178 Å². The number of hydrogen-bond donors (Lipinski definition) is 0. The highest BCUT2D eigenvalue weighted by Gasteiger charge is 2.38. The van der Waals surface area contributed by atoms with Crippen LogP contribution in [0.3, 0.4) is 0 Å². The highest BCUT2D eigenvalue weighted by Crippen LogP contribution is 2.30. The van der Waals surface area contributed by atoms with Crippen LogP contribution in [0.4, 0.5) is 4.79 Å². The number of ether oxygens (including phenoxy) is 3. The van der Waals surface area contributed by atoms with Crippen LogP contribution < -0.4 is 0 Å². The van der Waals surface area contributed by atoms with Gasteiger partial charge in [-0.1, -0.05) is 72.3 Å². The van der Waals surface area contributed by atoms with Gasteiger partial charge in [-0.25, -0.2) is 4.79 Å². The van der Waals surface area contributed by atoms with E-state index in [1.165, 1.54) is 11.1 Å². The Morgan fingerprint density at radius 3 is 2.37 bits per heavy atom. The van der Waals surface area contributed by atoms with Gasteiger partial charge in [0.2, 0.25) is 0 Å². The Morgan fingerprint density at radius 2 is 1.67 bits per heavy atom. The normalized spacial score (nSPS) is 20.5. The lowest BCUT2D eigenvalue weighted by atomic mass is 9.92. The zero-order chi connectivity index (χ0) is 20.6. The molecule has 1 amide bonds. The number of carbonyl (C=O) groups excluding carboxylic acids is 1. The number of nitrogens with zero attached hydrogens (tertiary/aromatic N) is 1. The minimum Gasteiger partial charge on any atom is -0.445 e. The van der Waals surface area contributed by atoms with Crippen LogP contribution in [0.15, 0.2) is 72.3 Å². The third-order valence-electron chi connectivity index (χ3n) is 5.59. The number of carbonyl (C=O) groups is 1. The van der Waals surface area contributed by atoms with Crippen molar-refractivity contribution in [1.82, 2.24) is 4.90 Å². The molecule has 158 valence electrons. The molecule has 2 aromatic rings. The van der Waals surface area contributed by atoms with Gasteiger partial charge in [-0.3, -0.25) is 4.90 Å². The number of benzene rings is 2. The zero-order valence-corrected chi connectivity index (χ0v) is 17.2. The minimum atomic E-state index is -0.251. The molecule has 2 aliphatic heterocycles. The molecule has 0 spiro atoms. The predicted octanol–water partition coefficient (Wildman–Crippen LogP) is 4.72. The number of fused-ring (bicyclic) bond motifs is 2. The van der Waals surface area contributed by atoms with E-state index in [2.05, 4.69) is 18.2 Å². The first-order valence-electron chi connectivity index (χ1n) is 10.7. The van der Waals surface area contributed by atoms with E-state index < -0.39 is 0 Å². The van der Waals surface area contributed by atoms with E-state index in [4.69, 9.17) is 14.2 Å². The summed E-state index contributed by atoms with van der Waals surface area (Å²) in [7, 11) is 0. The molecule has 0 radical (unpaired) electrons. The molecule has 0 aliphatic carbocycles. The van der Waals surface area contributed by atoms with Crippen LogP contribution in [0.5, 0.6) is 0 Å². The van der Waals surface area contributed by atoms with Crippen LogP contribution in [0.25, 0.3) is 0 Å². The van der Waals surface area contributed by atoms with E-state index in [1.807, 2.05) is 53.4 Å². The van der Waals surface area contributed by atoms with Crippen molar-refractivity contribution in [2.45, 2.75) is 44.6 Å². The van der Waals surface area contributed by atoms with Crippen molar-refractivity contribution in [3.8, 4) is 0 Å². The van der Waals surface area contributed by atoms with Crippen molar-refractivity contribution in [2.24, 2.45) is 0 Å². The van der Waals surface area contributed by atoms with Crippen LogP contribution in [0.1, 0.15) is 30.4 Å². The average molecular weight is 408 g/mol. The summed E-state index contributed by atoms with van der Waals surface area (Å²) in [6, 6.07) is 20.0. The summed E-state index contributed by atoms with van der Waals surface area (Å²) >= 11 is 0. The molecule has 1 fully saturated rings. The maximum absolute atomic E-state index is 12.7. The predicted molar refractivity (Wildman–Crippen MR) is 115 cm³/mol. The molecule has 0 N–H and O–H groups in total. The van der Waals surface area contributed by atoms with E-state index in [-0.39, 0.29) is 18.2 Å². The van der Waals surface area contributed by atoms with Gasteiger partial charge < -0.3 is 14.2 Å². The summed E-state index contributed by atoms with van der Waals surface area (Å²) in [6.07, 6.45) is 4.76. The molecule has 0 saturated carbocycles. The average Bonchev–Trinajstić information content (AvgIpc) is 2.78. The molecular formula is C25H29NO4. The van der Waals surface area contributed by atoms with Gasteiger partial charge in [0.15, 0.2) is 0 Å². The molecule has 2 heterocycles. The smallest absolute Gasteiger partial charge is 0.411 e. The van der Waals surface area contributed by atoms with Crippen LogP contribution in [0.2, 0.25) is 0 Å². The molecule has 5 heteroatoms. The molecule has 30 heavy (non-hydrogen) atoms. The van der Waals surface area contributed by atoms with Crippen LogP contribution >= 0.6 is 0 Å². The molecule has 2 aliphatic rings. The molecular weight excluding hydrogens is 378 g/mol. The second-order valence-corrected chi connectivity index (χ2v) is 7.88. The fourth-order valence-electron chi connectivity index (χ4n) is 4.11. The summed E-state index contributed by atoms with van der Waals surface area (Å²) < 4.78 is 17.1. The molecule has 5 nitrogen and oxygen atoms in total. The molecule has 2 unspecified atom stereocenters. The van der Waals surface area contributed by atoms with Crippen LogP contribution in [-0.2, 0) is 27.4 Å². The quantitative estimate of drug-likeness (QED) is 0.469.